The van der Waals surface area contributed by atoms with Gasteiger partial charge >= 0.3 is 0 Å². The molecule has 0 fully saturated rings. The lowest BCUT2D eigenvalue weighted by Gasteiger charge is -2.13. The first-order chi connectivity index (χ1) is 34.2. The molecule has 0 atom stereocenters. The summed E-state index contributed by atoms with van der Waals surface area (Å²) in [5.74, 6) is 1.71. The Hall–Kier alpha value is -9.39. The van der Waals surface area contributed by atoms with E-state index in [1.54, 1.807) is 0 Å². The summed E-state index contributed by atoms with van der Waals surface area (Å²) in [6.07, 6.45) is 0. The minimum atomic E-state index is 0.553. The van der Waals surface area contributed by atoms with Crippen molar-refractivity contribution < 1.29 is 8.83 Å². The molecule has 6 heteroatoms. The van der Waals surface area contributed by atoms with Crippen molar-refractivity contribution >= 4 is 98.0 Å². The van der Waals surface area contributed by atoms with E-state index in [1.807, 2.05) is 36.4 Å². The van der Waals surface area contributed by atoms with Crippen LogP contribution in [0, 0.1) is 0 Å². The second-order valence-corrected chi connectivity index (χ2v) is 17.9. The van der Waals surface area contributed by atoms with Crippen LogP contribution < -0.4 is 0 Å². The maximum absolute atomic E-state index is 7.00. The highest BCUT2D eigenvalue weighted by Crippen LogP contribution is 2.44. The van der Waals surface area contributed by atoms with Crippen molar-refractivity contribution in [2.75, 3.05) is 0 Å². The number of aromatic nitrogens is 4. The third-order valence-corrected chi connectivity index (χ3v) is 14.0. The normalized spacial score (nSPS) is 12.1. The van der Waals surface area contributed by atoms with Crippen LogP contribution in [-0.2, 0) is 0 Å². The van der Waals surface area contributed by atoms with Gasteiger partial charge in [-0.25, -0.2) is 15.0 Å². The zero-order valence-electron chi connectivity index (χ0n) is 36.9. The lowest BCUT2D eigenvalue weighted by atomic mass is 10.0. The highest BCUT2D eigenvalue weighted by molar-refractivity contribution is 6.26. The molecule has 69 heavy (non-hydrogen) atoms. The minimum Gasteiger partial charge on any atom is -0.456 e. The van der Waals surface area contributed by atoms with Gasteiger partial charge in [-0.1, -0.05) is 158 Å². The van der Waals surface area contributed by atoms with Gasteiger partial charge < -0.3 is 13.4 Å². The number of hydrogen-bond donors (Lipinski definition) is 0. The Bertz CT molecular complexity index is 4600. The summed E-state index contributed by atoms with van der Waals surface area (Å²) in [5, 5.41) is 13.8. The van der Waals surface area contributed by atoms with Gasteiger partial charge in [0.2, 0.25) is 0 Å². The number of benzene rings is 11. The summed E-state index contributed by atoms with van der Waals surface area (Å²) >= 11 is 0. The molecule has 0 spiro atoms. The van der Waals surface area contributed by atoms with E-state index in [1.165, 1.54) is 32.3 Å². The van der Waals surface area contributed by atoms with Crippen molar-refractivity contribution in [1.29, 1.82) is 0 Å². The molecule has 0 saturated heterocycles. The van der Waals surface area contributed by atoms with Crippen molar-refractivity contribution in [3.8, 4) is 51.0 Å². The average molecular weight is 881 g/mol. The molecule has 0 N–H and O–H groups in total. The standard InChI is InChI=1S/C63H36N4O2/c1-2-12-37(13-3-1)38-22-24-40(25-23-38)61-64-62(43-28-31-56-50(33-43)47-19-10-11-21-55(47)68-56)66-63(65-61)44-26-29-49-57(35-44)69-58-36-54(46-18-8-9-20-48(46)60(49)58)67-52-30-27-39-14-6-7-17-45(39)59(52)51-32-41-15-4-5-16-42(41)34-53(51)67/h1-36H. The van der Waals surface area contributed by atoms with E-state index in [9.17, 15) is 0 Å². The summed E-state index contributed by atoms with van der Waals surface area (Å²) in [5.41, 5.74) is 11.5. The topological polar surface area (TPSA) is 69.9 Å². The molecule has 6 nitrogen and oxygen atoms in total. The van der Waals surface area contributed by atoms with Crippen LogP contribution in [0.5, 0.6) is 0 Å². The molecule has 0 bridgehead atoms. The van der Waals surface area contributed by atoms with Crippen molar-refractivity contribution in [2.45, 2.75) is 0 Å². The third-order valence-electron chi connectivity index (χ3n) is 14.0. The predicted octanol–water partition coefficient (Wildman–Crippen LogP) is 16.9. The number of nitrogens with zero attached hydrogens (tertiary/aromatic N) is 4. The van der Waals surface area contributed by atoms with Crippen LogP contribution in [0.15, 0.2) is 227 Å². The zero-order valence-corrected chi connectivity index (χ0v) is 36.9. The van der Waals surface area contributed by atoms with Gasteiger partial charge in [0.1, 0.15) is 22.3 Å². The van der Waals surface area contributed by atoms with Crippen LogP contribution in [0.25, 0.3) is 149 Å². The van der Waals surface area contributed by atoms with Crippen molar-refractivity contribution in [1.82, 2.24) is 19.5 Å². The molecule has 0 amide bonds. The quantitative estimate of drug-likeness (QED) is 0.172. The lowest BCUT2D eigenvalue weighted by molar-refractivity contribution is 0.668. The Morgan fingerprint density at radius 2 is 0.855 bits per heavy atom. The van der Waals surface area contributed by atoms with Crippen LogP contribution in [-0.4, -0.2) is 19.5 Å². The van der Waals surface area contributed by atoms with Crippen LogP contribution in [0.1, 0.15) is 0 Å². The highest BCUT2D eigenvalue weighted by atomic mass is 16.3. The number of rotatable bonds is 5. The Labute approximate surface area is 394 Å². The van der Waals surface area contributed by atoms with Gasteiger partial charge in [0.15, 0.2) is 17.5 Å². The molecule has 4 heterocycles. The van der Waals surface area contributed by atoms with Gasteiger partial charge in [0.25, 0.3) is 0 Å². The second-order valence-electron chi connectivity index (χ2n) is 17.9. The lowest BCUT2D eigenvalue weighted by Crippen LogP contribution is -2.00. The van der Waals surface area contributed by atoms with E-state index in [0.29, 0.717) is 17.5 Å². The van der Waals surface area contributed by atoms with Crippen LogP contribution in [0.2, 0.25) is 0 Å². The SMILES string of the molecule is c1ccc(-c2ccc(-c3nc(-c4ccc5c(c4)oc4cc(-n6c7cc8ccccc8cc7c7c8ccccc8ccc76)c6ccccc6c45)nc(-c4ccc5oc6ccccc6c5c4)n3)cc2)cc1. The fourth-order valence-electron chi connectivity index (χ4n) is 10.7. The summed E-state index contributed by atoms with van der Waals surface area (Å²) in [6.45, 7) is 0. The molecule has 0 radical (unpaired) electrons. The van der Waals surface area contributed by atoms with E-state index in [4.69, 9.17) is 23.8 Å². The van der Waals surface area contributed by atoms with Gasteiger partial charge in [-0.3, -0.25) is 0 Å². The van der Waals surface area contributed by atoms with E-state index in [-0.39, 0.29) is 0 Å². The fraction of sp³-hybridized carbons (Fsp3) is 0. The van der Waals surface area contributed by atoms with Gasteiger partial charge in [-0.05, 0) is 92.7 Å². The van der Waals surface area contributed by atoms with Crippen LogP contribution >= 0.6 is 0 Å². The molecule has 11 aromatic carbocycles. The summed E-state index contributed by atoms with van der Waals surface area (Å²) in [4.78, 5) is 15.5. The Kier molecular flexibility index (Phi) is 7.97. The summed E-state index contributed by atoms with van der Waals surface area (Å²) in [7, 11) is 0. The molecule has 320 valence electrons. The maximum atomic E-state index is 7.00. The zero-order chi connectivity index (χ0) is 45.2. The van der Waals surface area contributed by atoms with E-state index >= 15 is 0 Å². The second kappa shape index (κ2) is 14.6. The van der Waals surface area contributed by atoms with E-state index in [0.717, 1.165) is 99.2 Å². The smallest absolute Gasteiger partial charge is 0.164 e. The summed E-state index contributed by atoms with van der Waals surface area (Å²) < 4.78 is 15.6. The van der Waals surface area contributed by atoms with Gasteiger partial charge in [0, 0.05) is 60.5 Å². The molecular formula is C63H36N4O2. The first-order valence-corrected chi connectivity index (χ1v) is 23.2. The van der Waals surface area contributed by atoms with Gasteiger partial charge in [-0.2, -0.15) is 0 Å². The predicted molar refractivity (Wildman–Crippen MR) is 283 cm³/mol. The number of furan rings is 2. The van der Waals surface area contributed by atoms with Crippen molar-refractivity contribution in [2.24, 2.45) is 0 Å². The number of para-hydroxylation sites is 1. The highest BCUT2D eigenvalue weighted by Gasteiger charge is 2.22. The van der Waals surface area contributed by atoms with Crippen LogP contribution in [0.4, 0.5) is 0 Å². The molecule has 15 rings (SSSR count). The van der Waals surface area contributed by atoms with Crippen molar-refractivity contribution in [3.63, 3.8) is 0 Å². The first-order valence-electron chi connectivity index (χ1n) is 23.2. The van der Waals surface area contributed by atoms with Gasteiger partial charge in [0.05, 0.1) is 16.7 Å². The molecule has 0 unspecified atom stereocenters. The van der Waals surface area contributed by atoms with Gasteiger partial charge in [-0.15, -0.1) is 0 Å². The fourth-order valence-corrected chi connectivity index (χ4v) is 10.7. The number of hydrogen-bond acceptors (Lipinski definition) is 5. The largest absolute Gasteiger partial charge is 0.456 e. The van der Waals surface area contributed by atoms with Crippen molar-refractivity contribution in [3.05, 3.63) is 218 Å². The molecule has 0 saturated carbocycles. The molecule has 4 aromatic heterocycles. The van der Waals surface area contributed by atoms with Crippen LogP contribution in [0.3, 0.4) is 0 Å². The minimum absolute atomic E-state index is 0.553. The molecule has 0 aliphatic heterocycles. The molecule has 15 aromatic rings. The first kappa shape index (κ1) is 37.8. The molecule has 0 aliphatic rings. The average Bonchev–Trinajstić information content (AvgIpc) is 4.09. The Morgan fingerprint density at radius 3 is 1.67 bits per heavy atom. The number of fused-ring (bicyclic) bond motifs is 14. The summed E-state index contributed by atoms with van der Waals surface area (Å²) in [6, 6.07) is 76.9. The van der Waals surface area contributed by atoms with E-state index < -0.39 is 0 Å². The monoisotopic (exact) mass is 880 g/mol. The molecular weight excluding hydrogens is 845 g/mol. The Balaban J connectivity index is 0.928. The maximum Gasteiger partial charge on any atom is 0.164 e. The third kappa shape index (κ3) is 5.82. The Morgan fingerprint density at radius 1 is 0.275 bits per heavy atom. The van der Waals surface area contributed by atoms with E-state index in [2.05, 4.69) is 187 Å². The molecule has 0 aliphatic carbocycles.